The summed E-state index contributed by atoms with van der Waals surface area (Å²) < 4.78 is 1.18. The molecule has 0 bridgehead atoms. The molecule has 6 aromatic rings. The third-order valence-electron chi connectivity index (χ3n) is 7.89. The highest BCUT2D eigenvalue weighted by Crippen LogP contribution is 2.53. The zero-order valence-electron chi connectivity index (χ0n) is 20.3. The lowest BCUT2D eigenvalue weighted by atomic mass is 9.78. The fraction of sp³-hybridized carbons (Fsp3) is 0.0857. The number of rotatable bonds is 2. The maximum absolute atomic E-state index is 3.94. The minimum Gasteiger partial charge on any atom is -0.0622 e. The molecule has 0 aliphatic heterocycles. The van der Waals surface area contributed by atoms with E-state index >= 15 is 0 Å². The molecular weight excluding hydrogens is 500 g/mol. The summed E-state index contributed by atoms with van der Waals surface area (Å²) in [4.78, 5) is 0. The van der Waals surface area contributed by atoms with Crippen molar-refractivity contribution in [1.82, 2.24) is 0 Å². The first-order valence-corrected chi connectivity index (χ1v) is 13.3. The van der Waals surface area contributed by atoms with Crippen LogP contribution in [-0.2, 0) is 5.41 Å². The van der Waals surface area contributed by atoms with Crippen LogP contribution in [0.5, 0.6) is 0 Å². The van der Waals surface area contributed by atoms with E-state index in [9.17, 15) is 0 Å². The first-order valence-electron chi connectivity index (χ1n) is 12.5. The molecule has 0 nitrogen and oxygen atoms in total. The quantitative estimate of drug-likeness (QED) is 0.197. The van der Waals surface area contributed by atoms with Crippen molar-refractivity contribution >= 4 is 37.5 Å². The third-order valence-corrected chi connectivity index (χ3v) is 8.74. The van der Waals surface area contributed by atoms with Crippen molar-refractivity contribution in [1.29, 1.82) is 0 Å². The lowest BCUT2D eigenvalue weighted by Crippen LogP contribution is -2.16. The fourth-order valence-corrected chi connectivity index (χ4v) is 6.80. The van der Waals surface area contributed by atoms with Crippen molar-refractivity contribution in [3.05, 3.63) is 131 Å². The van der Waals surface area contributed by atoms with E-state index in [0.717, 1.165) is 0 Å². The SMILES string of the molecule is CC1(C)c2cc3cc4ccccc4c(Br)c3cc2-c2cccc(-c3ccc(-c4ccccc4)cc3)c21. The van der Waals surface area contributed by atoms with Crippen molar-refractivity contribution in [2.24, 2.45) is 0 Å². The molecule has 0 radical (unpaired) electrons. The first kappa shape index (κ1) is 21.6. The lowest BCUT2D eigenvalue weighted by Gasteiger charge is -2.25. The Kier molecular flexibility index (Phi) is 4.75. The maximum Gasteiger partial charge on any atom is 0.0332 e. The molecule has 1 heteroatoms. The second kappa shape index (κ2) is 7.91. The van der Waals surface area contributed by atoms with Crippen molar-refractivity contribution in [2.45, 2.75) is 19.3 Å². The van der Waals surface area contributed by atoms with Gasteiger partial charge in [-0.1, -0.05) is 111 Å². The molecule has 0 aromatic heterocycles. The molecule has 0 amide bonds. The predicted octanol–water partition coefficient (Wildman–Crippen LogP) is 10.4. The van der Waals surface area contributed by atoms with Gasteiger partial charge in [-0.25, -0.2) is 0 Å². The number of hydrogen-bond donors (Lipinski definition) is 0. The van der Waals surface area contributed by atoms with E-state index in [-0.39, 0.29) is 5.41 Å². The van der Waals surface area contributed by atoms with Gasteiger partial charge in [0.1, 0.15) is 0 Å². The Morgan fingerprint density at radius 3 is 1.97 bits per heavy atom. The second-order valence-electron chi connectivity index (χ2n) is 10.3. The Balaban J connectivity index is 1.42. The van der Waals surface area contributed by atoms with Gasteiger partial charge in [0.2, 0.25) is 0 Å². The van der Waals surface area contributed by atoms with Gasteiger partial charge in [-0.3, -0.25) is 0 Å². The fourth-order valence-electron chi connectivity index (χ4n) is 6.10. The number of fused-ring (bicyclic) bond motifs is 5. The molecule has 0 atom stereocenters. The van der Waals surface area contributed by atoms with Crippen LogP contribution in [0.15, 0.2) is 120 Å². The van der Waals surface area contributed by atoms with Crippen LogP contribution >= 0.6 is 15.9 Å². The summed E-state index contributed by atoms with van der Waals surface area (Å²) in [6.45, 7) is 4.75. The van der Waals surface area contributed by atoms with Gasteiger partial charge >= 0.3 is 0 Å². The van der Waals surface area contributed by atoms with Crippen LogP contribution in [0.3, 0.4) is 0 Å². The zero-order valence-corrected chi connectivity index (χ0v) is 21.9. The van der Waals surface area contributed by atoms with Gasteiger partial charge in [0.05, 0.1) is 0 Å². The highest BCUT2D eigenvalue weighted by atomic mass is 79.9. The molecule has 0 heterocycles. The topological polar surface area (TPSA) is 0 Å². The van der Waals surface area contributed by atoms with Crippen LogP contribution in [0.2, 0.25) is 0 Å². The summed E-state index contributed by atoms with van der Waals surface area (Å²) >= 11 is 3.94. The average Bonchev–Trinajstić information content (AvgIpc) is 3.15. The van der Waals surface area contributed by atoms with E-state index in [4.69, 9.17) is 0 Å². The number of halogens is 1. The third kappa shape index (κ3) is 3.13. The van der Waals surface area contributed by atoms with E-state index in [1.54, 1.807) is 0 Å². The zero-order chi connectivity index (χ0) is 24.4. The van der Waals surface area contributed by atoms with Crippen molar-refractivity contribution in [3.63, 3.8) is 0 Å². The van der Waals surface area contributed by atoms with E-state index in [1.165, 1.54) is 70.5 Å². The minimum absolute atomic E-state index is 0.0916. The lowest BCUT2D eigenvalue weighted by molar-refractivity contribution is 0.663. The molecule has 172 valence electrons. The molecule has 0 saturated carbocycles. The Morgan fingerprint density at radius 1 is 0.500 bits per heavy atom. The molecular formula is C35H25Br. The molecule has 36 heavy (non-hydrogen) atoms. The summed E-state index contributed by atoms with van der Waals surface area (Å²) in [6.07, 6.45) is 0. The van der Waals surface area contributed by atoms with E-state index < -0.39 is 0 Å². The van der Waals surface area contributed by atoms with Crippen molar-refractivity contribution in [3.8, 4) is 33.4 Å². The van der Waals surface area contributed by atoms with Gasteiger partial charge in [0, 0.05) is 9.89 Å². The van der Waals surface area contributed by atoms with E-state index in [2.05, 4.69) is 145 Å². The highest BCUT2D eigenvalue weighted by molar-refractivity contribution is 9.10. The smallest absolute Gasteiger partial charge is 0.0332 e. The molecule has 0 saturated heterocycles. The normalized spacial score (nSPS) is 13.6. The Hall–Kier alpha value is -3.68. The monoisotopic (exact) mass is 524 g/mol. The Morgan fingerprint density at radius 2 is 1.17 bits per heavy atom. The summed E-state index contributed by atoms with van der Waals surface area (Å²) in [5, 5.41) is 5.08. The van der Waals surface area contributed by atoms with Crippen molar-refractivity contribution < 1.29 is 0 Å². The molecule has 6 aromatic carbocycles. The van der Waals surface area contributed by atoms with Crippen LogP contribution < -0.4 is 0 Å². The predicted molar refractivity (Wildman–Crippen MR) is 158 cm³/mol. The molecule has 7 rings (SSSR count). The first-order chi connectivity index (χ1) is 17.5. The minimum atomic E-state index is -0.0916. The summed E-state index contributed by atoms with van der Waals surface area (Å²) in [5.41, 5.74) is 10.5. The highest BCUT2D eigenvalue weighted by Gasteiger charge is 2.38. The summed E-state index contributed by atoms with van der Waals surface area (Å²) in [5.74, 6) is 0. The van der Waals surface area contributed by atoms with Crippen LogP contribution in [-0.4, -0.2) is 0 Å². The Bertz CT molecular complexity index is 1790. The average molecular weight is 525 g/mol. The standard InChI is InChI=1S/C35H25Br/c1-35(2)32-20-26-19-25-11-6-7-12-28(25)34(36)30(26)21-31(32)29-14-8-13-27(33(29)35)24-17-15-23(16-18-24)22-9-4-3-5-10-22/h3-21H,1-2H3. The van der Waals surface area contributed by atoms with Gasteiger partial charge in [0.25, 0.3) is 0 Å². The largest absolute Gasteiger partial charge is 0.0622 e. The van der Waals surface area contributed by atoms with Crippen LogP contribution in [0.1, 0.15) is 25.0 Å². The van der Waals surface area contributed by atoms with Crippen LogP contribution in [0, 0.1) is 0 Å². The van der Waals surface area contributed by atoms with Crippen LogP contribution in [0.25, 0.3) is 54.9 Å². The van der Waals surface area contributed by atoms with Gasteiger partial charge < -0.3 is 0 Å². The van der Waals surface area contributed by atoms with Gasteiger partial charge in [-0.05, 0) is 100 Å². The van der Waals surface area contributed by atoms with Crippen LogP contribution in [0.4, 0.5) is 0 Å². The van der Waals surface area contributed by atoms with Crippen molar-refractivity contribution in [2.75, 3.05) is 0 Å². The number of hydrogen-bond acceptors (Lipinski definition) is 0. The molecule has 1 aliphatic carbocycles. The summed E-state index contributed by atoms with van der Waals surface area (Å²) in [7, 11) is 0. The molecule has 0 N–H and O–H groups in total. The van der Waals surface area contributed by atoms with Gasteiger partial charge in [0.15, 0.2) is 0 Å². The summed E-state index contributed by atoms with van der Waals surface area (Å²) in [6, 6.07) is 42.2. The van der Waals surface area contributed by atoms with E-state index in [0.29, 0.717) is 0 Å². The van der Waals surface area contributed by atoms with Gasteiger partial charge in [-0.2, -0.15) is 0 Å². The molecule has 1 aliphatic rings. The second-order valence-corrected chi connectivity index (χ2v) is 11.1. The van der Waals surface area contributed by atoms with Gasteiger partial charge in [-0.15, -0.1) is 0 Å². The molecule has 0 spiro atoms. The Labute approximate surface area is 220 Å². The molecule has 0 fully saturated rings. The number of benzene rings is 6. The van der Waals surface area contributed by atoms with E-state index in [1.807, 2.05) is 0 Å². The maximum atomic E-state index is 3.94. The molecule has 0 unspecified atom stereocenters.